The summed E-state index contributed by atoms with van der Waals surface area (Å²) in [6.45, 7) is 2.46. The van der Waals surface area contributed by atoms with Crippen LogP contribution in [0.2, 0.25) is 0 Å². The molecule has 4 heteroatoms. The number of nitrogens with one attached hydrogen (secondary N) is 1. The predicted molar refractivity (Wildman–Crippen MR) is 68.3 cm³/mol. The number of halogens is 2. The van der Waals surface area contributed by atoms with Gasteiger partial charge in [-0.1, -0.05) is 0 Å². The van der Waals surface area contributed by atoms with Gasteiger partial charge < -0.3 is 10.2 Å². The molecule has 1 saturated heterocycles. The molecule has 1 aromatic rings. The standard InChI is InChI=1S/C14H20F2N2/c1-18(8-6-13-3-2-7-17-13)10-11-9-12(15)4-5-14(11)16/h4-5,9,13,17H,2-3,6-8,10H2,1H3. The molecule has 100 valence electrons. The fourth-order valence-corrected chi connectivity index (χ4v) is 2.41. The van der Waals surface area contributed by atoms with E-state index in [9.17, 15) is 8.78 Å². The van der Waals surface area contributed by atoms with Gasteiger partial charge in [-0.25, -0.2) is 8.78 Å². The molecule has 1 heterocycles. The lowest BCUT2D eigenvalue weighted by molar-refractivity contribution is 0.301. The van der Waals surface area contributed by atoms with Crippen molar-refractivity contribution in [1.29, 1.82) is 0 Å². The molecule has 0 aliphatic carbocycles. The third-order valence-electron chi connectivity index (χ3n) is 3.47. The summed E-state index contributed by atoms with van der Waals surface area (Å²) in [4.78, 5) is 2.04. The largest absolute Gasteiger partial charge is 0.314 e. The molecule has 2 rings (SSSR count). The van der Waals surface area contributed by atoms with Crippen LogP contribution in [-0.2, 0) is 6.54 Å². The molecular weight excluding hydrogens is 234 g/mol. The van der Waals surface area contributed by atoms with Gasteiger partial charge in [-0.3, -0.25) is 0 Å². The van der Waals surface area contributed by atoms with E-state index in [0.29, 0.717) is 18.2 Å². The summed E-state index contributed by atoms with van der Waals surface area (Å²) in [5.41, 5.74) is 0.428. The van der Waals surface area contributed by atoms with Crippen molar-refractivity contribution in [2.24, 2.45) is 0 Å². The molecule has 1 aromatic carbocycles. The second-order valence-electron chi connectivity index (χ2n) is 5.06. The highest BCUT2D eigenvalue weighted by Crippen LogP contribution is 2.13. The third-order valence-corrected chi connectivity index (χ3v) is 3.47. The Hall–Kier alpha value is -1.00. The Bertz CT molecular complexity index is 389. The van der Waals surface area contributed by atoms with E-state index in [0.717, 1.165) is 25.6 Å². The van der Waals surface area contributed by atoms with Crippen LogP contribution in [-0.4, -0.2) is 31.1 Å². The highest BCUT2D eigenvalue weighted by atomic mass is 19.1. The minimum atomic E-state index is -0.378. The van der Waals surface area contributed by atoms with Gasteiger partial charge in [-0.2, -0.15) is 0 Å². The lowest BCUT2D eigenvalue weighted by Gasteiger charge is -2.19. The fourth-order valence-electron chi connectivity index (χ4n) is 2.41. The van der Waals surface area contributed by atoms with Crippen LogP contribution in [0.3, 0.4) is 0 Å². The van der Waals surface area contributed by atoms with Crippen LogP contribution in [0, 0.1) is 11.6 Å². The summed E-state index contributed by atoms with van der Waals surface area (Å²) in [6, 6.07) is 4.21. The highest BCUT2D eigenvalue weighted by molar-refractivity contribution is 5.18. The van der Waals surface area contributed by atoms with Crippen molar-refractivity contribution < 1.29 is 8.78 Å². The summed E-state index contributed by atoms with van der Waals surface area (Å²) < 4.78 is 26.5. The lowest BCUT2D eigenvalue weighted by Crippen LogP contribution is -2.28. The Kier molecular flexibility index (Phi) is 4.66. The molecule has 1 N–H and O–H groups in total. The molecule has 0 radical (unpaired) electrons. The Balaban J connectivity index is 1.82. The Labute approximate surface area is 107 Å². The Morgan fingerprint density at radius 1 is 1.39 bits per heavy atom. The molecule has 2 nitrogen and oxygen atoms in total. The molecule has 0 aromatic heterocycles. The van der Waals surface area contributed by atoms with Gasteiger partial charge in [0, 0.05) is 18.2 Å². The minimum Gasteiger partial charge on any atom is -0.314 e. The molecule has 1 aliphatic rings. The average Bonchev–Trinajstić information content (AvgIpc) is 2.84. The van der Waals surface area contributed by atoms with E-state index in [-0.39, 0.29) is 11.6 Å². The van der Waals surface area contributed by atoms with Gasteiger partial charge in [-0.05, 0) is 57.6 Å². The SMILES string of the molecule is CN(CCC1CCCN1)Cc1cc(F)ccc1F. The van der Waals surface area contributed by atoms with E-state index in [4.69, 9.17) is 0 Å². The normalized spacial score (nSPS) is 19.7. The summed E-state index contributed by atoms with van der Waals surface area (Å²) >= 11 is 0. The van der Waals surface area contributed by atoms with Crippen molar-refractivity contribution in [2.75, 3.05) is 20.1 Å². The molecule has 18 heavy (non-hydrogen) atoms. The molecular formula is C14H20F2N2. The summed E-state index contributed by atoms with van der Waals surface area (Å²) in [5.74, 6) is -0.709. The van der Waals surface area contributed by atoms with Gasteiger partial charge >= 0.3 is 0 Å². The Morgan fingerprint density at radius 2 is 2.22 bits per heavy atom. The average molecular weight is 254 g/mol. The molecule has 1 atom stereocenters. The highest BCUT2D eigenvalue weighted by Gasteiger charge is 2.14. The molecule has 1 aliphatic heterocycles. The van der Waals surface area contributed by atoms with Crippen LogP contribution in [0.25, 0.3) is 0 Å². The van der Waals surface area contributed by atoms with Gasteiger partial charge in [0.05, 0.1) is 0 Å². The van der Waals surface area contributed by atoms with Crippen molar-refractivity contribution in [1.82, 2.24) is 10.2 Å². The first-order valence-electron chi connectivity index (χ1n) is 6.51. The second-order valence-corrected chi connectivity index (χ2v) is 5.06. The minimum absolute atomic E-state index is 0.331. The van der Waals surface area contributed by atoms with E-state index < -0.39 is 0 Å². The number of nitrogens with zero attached hydrogens (tertiary/aromatic N) is 1. The Morgan fingerprint density at radius 3 is 2.94 bits per heavy atom. The third kappa shape index (κ3) is 3.75. The molecule has 0 amide bonds. The maximum absolute atomic E-state index is 13.5. The van der Waals surface area contributed by atoms with Crippen molar-refractivity contribution >= 4 is 0 Å². The van der Waals surface area contributed by atoms with Gasteiger partial charge in [-0.15, -0.1) is 0 Å². The van der Waals surface area contributed by atoms with Crippen LogP contribution < -0.4 is 5.32 Å². The molecule has 0 spiro atoms. The number of rotatable bonds is 5. The fraction of sp³-hybridized carbons (Fsp3) is 0.571. The summed E-state index contributed by atoms with van der Waals surface area (Å²) in [6.07, 6.45) is 3.53. The summed E-state index contributed by atoms with van der Waals surface area (Å²) in [7, 11) is 1.94. The van der Waals surface area contributed by atoms with Crippen molar-refractivity contribution in [3.63, 3.8) is 0 Å². The first-order chi connectivity index (χ1) is 8.65. The van der Waals surface area contributed by atoms with Crippen LogP contribution >= 0.6 is 0 Å². The topological polar surface area (TPSA) is 15.3 Å². The first kappa shape index (κ1) is 13.4. The molecule has 1 unspecified atom stereocenters. The zero-order valence-electron chi connectivity index (χ0n) is 10.8. The van der Waals surface area contributed by atoms with Crippen molar-refractivity contribution in [2.45, 2.75) is 31.8 Å². The zero-order chi connectivity index (χ0) is 13.0. The van der Waals surface area contributed by atoms with Gasteiger partial charge in [0.25, 0.3) is 0 Å². The number of hydrogen-bond acceptors (Lipinski definition) is 2. The van der Waals surface area contributed by atoms with Crippen LogP contribution in [0.1, 0.15) is 24.8 Å². The van der Waals surface area contributed by atoms with E-state index in [1.165, 1.54) is 25.0 Å². The second kappa shape index (κ2) is 6.25. The molecule has 0 bridgehead atoms. The zero-order valence-corrected chi connectivity index (χ0v) is 10.8. The van der Waals surface area contributed by atoms with Gasteiger partial charge in [0.1, 0.15) is 11.6 Å². The monoisotopic (exact) mass is 254 g/mol. The van der Waals surface area contributed by atoms with Gasteiger partial charge in [0.15, 0.2) is 0 Å². The number of hydrogen-bond donors (Lipinski definition) is 1. The first-order valence-corrected chi connectivity index (χ1v) is 6.51. The van der Waals surface area contributed by atoms with Crippen LogP contribution in [0.15, 0.2) is 18.2 Å². The lowest BCUT2D eigenvalue weighted by atomic mass is 10.1. The van der Waals surface area contributed by atoms with Gasteiger partial charge in [0.2, 0.25) is 0 Å². The maximum atomic E-state index is 13.5. The molecule has 1 fully saturated rings. The van der Waals surface area contributed by atoms with Crippen LogP contribution in [0.5, 0.6) is 0 Å². The van der Waals surface area contributed by atoms with E-state index >= 15 is 0 Å². The smallest absolute Gasteiger partial charge is 0.127 e. The maximum Gasteiger partial charge on any atom is 0.127 e. The van der Waals surface area contributed by atoms with Crippen molar-refractivity contribution in [3.05, 3.63) is 35.4 Å². The van der Waals surface area contributed by atoms with Crippen molar-refractivity contribution in [3.8, 4) is 0 Å². The number of benzene rings is 1. The summed E-state index contributed by atoms with van der Waals surface area (Å²) in [5, 5.41) is 3.44. The van der Waals surface area contributed by atoms with E-state index in [2.05, 4.69) is 5.32 Å². The van der Waals surface area contributed by atoms with Crippen LogP contribution in [0.4, 0.5) is 8.78 Å². The quantitative estimate of drug-likeness (QED) is 0.868. The molecule has 0 saturated carbocycles. The predicted octanol–water partition coefficient (Wildman–Crippen LogP) is 2.54. The van der Waals surface area contributed by atoms with E-state index in [1.807, 2.05) is 11.9 Å². The van der Waals surface area contributed by atoms with E-state index in [1.54, 1.807) is 0 Å².